The SMILES string of the molecule is CON=C(C(=O)NC1C(=O)N2C(C(=O)OCC(C)=CCOC(C)=O)=CCS[C@@H]12)c1csc(N)n1. The molecule has 3 N–H and O–H groups in total. The lowest BCUT2D eigenvalue weighted by Gasteiger charge is -2.48. The van der Waals surface area contributed by atoms with Gasteiger partial charge in [0.1, 0.15) is 43.1 Å². The Morgan fingerprint density at radius 2 is 2.12 bits per heavy atom. The number of anilines is 1. The Morgan fingerprint density at radius 3 is 2.76 bits per heavy atom. The number of nitrogens with one attached hydrogen (secondary N) is 1. The van der Waals surface area contributed by atoms with Crippen LogP contribution in [-0.2, 0) is 33.5 Å². The molecule has 0 bridgehead atoms. The minimum atomic E-state index is -0.864. The molecular formula is C20H23N5O7S2. The van der Waals surface area contributed by atoms with Crippen LogP contribution < -0.4 is 11.1 Å². The molecule has 34 heavy (non-hydrogen) atoms. The first-order chi connectivity index (χ1) is 16.2. The first-order valence-electron chi connectivity index (χ1n) is 9.97. The van der Waals surface area contributed by atoms with E-state index in [0.29, 0.717) is 11.3 Å². The summed E-state index contributed by atoms with van der Waals surface area (Å²) in [4.78, 5) is 59.0. The molecule has 0 saturated carbocycles. The number of nitrogen functional groups attached to an aromatic ring is 1. The predicted octanol–water partition coefficient (Wildman–Crippen LogP) is 0.412. The minimum absolute atomic E-state index is 0.0228. The predicted molar refractivity (Wildman–Crippen MR) is 125 cm³/mol. The van der Waals surface area contributed by atoms with Crippen LogP contribution in [0, 0.1) is 0 Å². The van der Waals surface area contributed by atoms with Crippen molar-refractivity contribution in [3.63, 3.8) is 0 Å². The Bertz CT molecular complexity index is 1080. The lowest BCUT2D eigenvalue weighted by atomic mass is 10.0. The summed E-state index contributed by atoms with van der Waals surface area (Å²) in [6.45, 7) is 3.08. The van der Waals surface area contributed by atoms with Crippen LogP contribution >= 0.6 is 23.1 Å². The van der Waals surface area contributed by atoms with Crippen LogP contribution in [0.15, 0.2) is 34.0 Å². The number of nitrogens with zero attached hydrogens (tertiary/aromatic N) is 3. The Labute approximate surface area is 203 Å². The van der Waals surface area contributed by atoms with Crippen LogP contribution in [0.3, 0.4) is 0 Å². The summed E-state index contributed by atoms with van der Waals surface area (Å²) in [6, 6.07) is -0.864. The molecule has 1 aromatic rings. The second kappa shape index (κ2) is 11.2. The molecule has 0 aromatic carbocycles. The summed E-state index contributed by atoms with van der Waals surface area (Å²) in [5.74, 6) is -1.73. The topological polar surface area (TPSA) is 163 Å². The summed E-state index contributed by atoms with van der Waals surface area (Å²) < 4.78 is 10.1. The Balaban J connectivity index is 1.60. The number of nitrogens with two attached hydrogens (primary N) is 1. The fraction of sp³-hybridized carbons (Fsp3) is 0.400. The van der Waals surface area contributed by atoms with Gasteiger partial charge in [0.15, 0.2) is 10.8 Å². The Hall–Kier alpha value is -3.39. The van der Waals surface area contributed by atoms with Gasteiger partial charge in [0.25, 0.3) is 11.8 Å². The van der Waals surface area contributed by atoms with Crippen molar-refractivity contribution in [3.05, 3.63) is 34.5 Å². The largest absolute Gasteiger partial charge is 0.462 e. The van der Waals surface area contributed by atoms with Crippen LogP contribution in [0.4, 0.5) is 5.13 Å². The second-order valence-electron chi connectivity index (χ2n) is 7.10. The van der Waals surface area contributed by atoms with E-state index in [2.05, 4.69) is 15.5 Å². The van der Waals surface area contributed by atoms with Crippen molar-refractivity contribution >= 4 is 57.7 Å². The molecule has 2 amide bonds. The molecule has 3 heterocycles. The van der Waals surface area contributed by atoms with Gasteiger partial charge in [-0.05, 0) is 24.6 Å². The molecule has 182 valence electrons. The van der Waals surface area contributed by atoms with E-state index in [1.807, 2.05) is 0 Å². The maximum absolute atomic E-state index is 12.8. The van der Waals surface area contributed by atoms with E-state index in [1.165, 1.54) is 30.7 Å². The summed E-state index contributed by atoms with van der Waals surface area (Å²) in [5.41, 5.74) is 6.53. The summed E-state index contributed by atoms with van der Waals surface area (Å²) in [7, 11) is 1.28. The van der Waals surface area contributed by atoms with Gasteiger partial charge in [0.05, 0.1) is 0 Å². The Morgan fingerprint density at radius 1 is 1.35 bits per heavy atom. The van der Waals surface area contributed by atoms with Crippen LogP contribution in [0.5, 0.6) is 0 Å². The number of carbonyl (C=O) groups excluding carboxylic acids is 4. The minimum Gasteiger partial charge on any atom is -0.462 e. The number of thioether (sulfide) groups is 1. The van der Waals surface area contributed by atoms with Gasteiger partial charge in [0.2, 0.25) is 0 Å². The molecular weight excluding hydrogens is 486 g/mol. The zero-order chi connectivity index (χ0) is 24.8. The monoisotopic (exact) mass is 509 g/mol. The van der Waals surface area contributed by atoms with E-state index >= 15 is 0 Å². The Kier molecular flexibility index (Phi) is 8.28. The number of ether oxygens (including phenoxy) is 2. The van der Waals surface area contributed by atoms with Crippen molar-refractivity contribution in [1.82, 2.24) is 15.2 Å². The number of β-lactam (4-membered cyclic amide) rings is 1. The normalized spacial score (nSPS) is 20.0. The van der Waals surface area contributed by atoms with Gasteiger partial charge in [-0.3, -0.25) is 19.3 Å². The molecule has 0 spiro atoms. The lowest BCUT2D eigenvalue weighted by molar-refractivity contribution is -0.152. The number of oxime groups is 1. The molecule has 12 nitrogen and oxygen atoms in total. The van der Waals surface area contributed by atoms with Crippen LogP contribution in [-0.4, -0.2) is 76.8 Å². The average molecular weight is 510 g/mol. The fourth-order valence-corrected chi connectivity index (χ4v) is 4.79. The number of esters is 2. The summed E-state index contributed by atoms with van der Waals surface area (Å²) in [5, 5.41) is 7.67. The van der Waals surface area contributed by atoms with E-state index < -0.39 is 35.2 Å². The first kappa shape index (κ1) is 25.2. The summed E-state index contributed by atoms with van der Waals surface area (Å²) >= 11 is 2.53. The molecule has 1 aromatic heterocycles. The van der Waals surface area contributed by atoms with E-state index in [9.17, 15) is 19.2 Å². The van der Waals surface area contributed by atoms with Crippen molar-refractivity contribution in [2.24, 2.45) is 5.16 Å². The summed E-state index contributed by atoms with van der Waals surface area (Å²) in [6.07, 6.45) is 3.23. The first-order valence-corrected chi connectivity index (χ1v) is 11.9. The molecule has 0 radical (unpaired) electrons. The quantitative estimate of drug-likeness (QED) is 0.157. The number of hydrogen-bond acceptors (Lipinski definition) is 12. The number of hydrogen-bond donors (Lipinski definition) is 2. The van der Waals surface area contributed by atoms with E-state index in [1.54, 1.807) is 24.5 Å². The number of rotatable bonds is 9. The average Bonchev–Trinajstić information content (AvgIpc) is 3.23. The molecule has 2 aliphatic heterocycles. The third kappa shape index (κ3) is 5.75. The molecule has 2 aliphatic rings. The van der Waals surface area contributed by atoms with E-state index in [4.69, 9.17) is 20.0 Å². The molecule has 1 saturated heterocycles. The van der Waals surface area contributed by atoms with Crippen molar-refractivity contribution in [3.8, 4) is 0 Å². The highest BCUT2D eigenvalue weighted by Gasteiger charge is 2.53. The standard InChI is InChI=1S/C20H23N5O7S2/c1-10(4-6-31-11(2)26)8-32-19(29)13-5-7-33-18-15(17(28)25(13)18)23-16(27)14(24-30-3)12-9-34-20(21)22-12/h4-5,9,15,18H,6-8H2,1-3H3,(H2,21,22)(H,23,27)/t15?,18-/m0/s1. The van der Waals surface area contributed by atoms with Crippen molar-refractivity contribution in [2.45, 2.75) is 25.3 Å². The van der Waals surface area contributed by atoms with Gasteiger partial charge < -0.3 is 25.4 Å². The maximum atomic E-state index is 12.8. The molecule has 1 fully saturated rings. The zero-order valence-electron chi connectivity index (χ0n) is 18.6. The second-order valence-corrected chi connectivity index (χ2v) is 9.13. The van der Waals surface area contributed by atoms with Crippen LogP contribution in [0.1, 0.15) is 19.5 Å². The molecule has 3 rings (SSSR count). The lowest BCUT2D eigenvalue weighted by Crippen LogP contribution is -2.70. The van der Waals surface area contributed by atoms with Gasteiger partial charge in [-0.1, -0.05) is 5.16 Å². The van der Waals surface area contributed by atoms with Crippen LogP contribution in [0.2, 0.25) is 0 Å². The highest BCUT2D eigenvalue weighted by atomic mass is 32.2. The van der Waals surface area contributed by atoms with Gasteiger partial charge in [-0.2, -0.15) is 0 Å². The molecule has 0 aliphatic carbocycles. The smallest absolute Gasteiger partial charge is 0.355 e. The third-order valence-corrected chi connectivity index (χ3v) is 6.51. The number of aromatic nitrogens is 1. The zero-order valence-corrected chi connectivity index (χ0v) is 20.2. The molecule has 1 unspecified atom stereocenters. The van der Waals surface area contributed by atoms with Gasteiger partial charge >= 0.3 is 11.9 Å². The van der Waals surface area contributed by atoms with E-state index in [0.717, 1.165) is 11.3 Å². The highest BCUT2D eigenvalue weighted by Crippen LogP contribution is 2.37. The van der Waals surface area contributed by atoms with Crippen LogP contribution in [0.25, 0.3) is 0 Å². The van der Waals surface area contributed by atoms with Gasteiger partial charge in [0, 0.05) is 18.1 Å². The maximum Gasteiger partial charge on any atom is 0.355 e. The number of amides is 2. The highest BCUT2D eigenvalue weighted by molar-refractivity contribution is 8.00. The fourth-order valence-electron chi connectivity index (χ4n) is 3.04. The molecule has 14 heteroatoms. The van der Waals surface area contributed by atoms with E-state index in [-0.39, 0.29) is 35.4 Å². The number of thiazole rings is 1. The van der Waals surface area contributed by atoms with Gasteiger partial charge in [-0.15, -0.1) is 23.1 Å². The third-order valence-electron chi connectivity index (χ3n) is 4.65. The van der Waals surface area contributed by atoms with Crippen molar-refractivity contribution in [2.75, 3.05) is 31.8 Å². The molecule has 2 atom stereocenters. The van der Waals surface area contributed by atoms with Crippen molar-refractivity contribution < 1.29 is 33.5 Å². The van der Waals surface area contributed by atoms with Gasteiger partial charge in [-0.25, -0.2) is 9.78 Å². The number of carbonyl (C=O) groups is 4. The van der Waals surface area contributed by atoms with Crippen molar-refractivity contribution in [1.29, 1.82) is 0 Å². The number of fused-ring (bicyclic) bond motifs is 1.